The summed E-state index contributed by atoms with van der Waals surface area (Å²) in [6.07, 6.45) is 0. The number of para-hydroxylation sites is 1. The molecule has 0 aromatic heterocycles. The molecule has 1 atom stereocenters. The Balaban J connectivity index is 2.17. The molecule has 0 heterocycles. The summed E-state index contributed by atoms with van der Waals surface area (Å²) in [6.45, 7) is 1.93. The van der Waals surface area contributed by atoms with E-state index >= 15 is 0 Å². The van der Waals surface area contributed by atoms with E-state index in [0.717, 1.165) is 11.3 Å². The van der Waals surface area contributed by atoms with Gasteiger partial charge in [-0.15, -0.1) is 0 Å². The van der Waals surface area contributed by atoms with Gasteiger partial charge in [-0.3, -0.25) is 4.79 Å². The highest BCUT2D eigenvalue weighted by atomic mass is 16.1. The van der Waals surface area contributed by atoms with Crippen LogP contribution in [0, 0.1) is 0 Å². The highest BCUT2D eigenvalue weighted by Gasteiger charge is 2.19. The molecule has 92 valence electrons. The van der Waals surface area contributed by atoms with Crippen LogP contribution in [0.1, 0.15) is 17.3 Å². The molecular formula is C16H17NO. The lowest BCUT2D eigenvalue weighted by molar-refractivity contribution is 0.0966. The summed E-state index contributed by atoms with van der Waals surface area (Å²) in [5.41, 5.74) is 1.81. The molecule has 2 heteroatoms. The van der Waals surface area contributed by atoms with E-state index in [0.29, 0.717) is 0 Å². The average molecular weight is 239 g/mol. The number of nitrogens with zero attached hydrogens (tertiary/aromatic N) is 1. The van der Waals surface area contributed by atoms with Crippen LogP contribution in [0.3, 0.4) is 0 Å². The number of carbonyl (C=O) groups excluding carboxylic acids is 1. The summed E-state index contributed by atoms with van der Waals surface area (Å²) in [5, 5.41) is 0. The van der Waals surface area contributed by atoms with Crippen molar-refractivity contribution in [1.29, 1.82) is 0 Å². The van der Waals surface area contributed by atoms with Gasteiger partial charge >= 0.3 is 0 Å². The molecule has 2 rings (SSSR count). The third kappa shape index (κ3) is 2.59. The second-order valence-electron chi connectivity index (χ2n) is 4.35. The largest absolute Gasteiger partial charge is 0.364 e. The van der Waals surface area contributed by atoms with Crippen molar-refractivity contribution in [3.05, 3.63) is 66.2 Å². The molecule has 18 heavy (non-hydrogen) atoms. The molecular weight excluding hydrogens is 222 g/mol. The molecule has 0 fully saturated rings. The summed E-state index contributed by atoms with van der Waals surface area (Å²) in [4.78, 5) is 14.3. The first-order chi connectivity index (χ1) is 8.70. The van der Waals surface area contributed by atoms with E-state index < -0.39 is 0 Å². The first-order valence-electron chi connectivity index (χ1n) is 6.07. The Bertz CT molecular complexity index is 507. The lowest BCUT2D eigenvalue weighted by atomic mass is 10.0. The molecule has 1 unspecified atom stereocenters. The van der Waals surface area contributed by atoms with Gasteiger partial charge in [0.25, 0.3) is 0 Å². The smallest absolute Gasteiger partial charge is 0.184 e. The predicted molar refractivity (Wildman–Crippen MR) is 75.1 cm³/mol. The van der Waals surface area contributed by atoms with Crippen LogP contribution < -0.4 is 4.90 Å². The second-order valence-corrected chi connectivity index (χ2v) is 4.35. The number of anilines is 1. The van der Waals surface area contributed by atoms with Gasteiger partial charge < -0.3 is 4.90 Å². The van der Waals surface area contributed by atoms with Crippen LogP contribution in [0.15, 0.2) is 60.7 Å². The Kier molecular flexibility index (Phi) is 3.78. The summed E-state index contributed by atoms with van der Waals surface area (Å²) in [7, 11) is 1.95. The van der Waals surface area contributed by atoms with Gasteiger partial charge in [0.1, 0.15) is 0 Å². The number of hydrogen-bond acceptors (Lipinski definition) is 2. The highest BCUT2D eigenvalue weighted by molar-refractivity contribution is 6.01. The Morgan fingerprint density at radius 3 is 2.00 bits per heavy atom. The summed E-state index contributed by atoms with van der Waals surface area (Å²) >= 11 is 0. The van der Waals surface area contributed by atoms with E-state index in [1.165, 1.54) is 0 Å². The minimum absolute atomic E-state index is 0.141. The predicted octanol–water partition coefficient (Wildman–Crippen LogP) is 3.39. The highest BCUT2D eigenvalue weighted by Crippen LogP contribution is 2.16. The van der Waals surface area contributed by atoms with E-state index in [-0.39, 0.29) is 11.8 Å². The Labute approximate surface area is 108 Å². The SMILES string of the molecule is CC(C(=O)c1ccccc1)N(C)c1ccccc1. The second kappa shape index (κ2) is 5.50. The molecule has 0 N–H and O–H groups in total. The molecule has 0 aliphatic rings. The molecule has 0 aliphatic heterocycles. The molecule has 2 nitrogen and oxygen atoms in total. The fourth-order valence-corrected chi connectivity index (χ4v) is 1.91. The average Bonchev–Trinajstić information content (AvgIpc) is 2.47. The molecule has 0 bridgehead atoms. The van der Waals surface area contributed by atoms with Crippen LogP contribution in [-0.4, -0.2) is 18.9 Å². The molecule has 0 aliphatic carbocycles. The van der Waals surface area contributed by atoms with Crippen LogP contribution in [0.2, 0.25) is 0 Å². The zero-order valence-electron chi connectivity index (χ0n) is 10.7. The van der Waals surface area contributed by atoms with Crippen molar-refractivity contribution < 1.29 is 4.79 Å². The summed E-state index contributed by atoms with van der Waals surface area (Å²) in [6, 6.07) is 19.2. The van der Waals surface area contributed by atoms with Gasteiger partial charge in [0.2, 0.25) is 0 Å². The van der Waals surface area contributed by atoms with Crippen LogP contribution in [0.25, 0.3) is 0 Å². The number of ketones is 1. The van der Waals surface area contributed by atoms with E-state index in [1.807, 2.05) is 79.5 Å². The van der Waals surface area contributed by atoms with Crippen molar-refractivity contribution in [3.8, 4) is 0 Å². The van der Waals surface area contributed by atoms with Gasteiger partial charge in [-0.1, -0.05) is 48.5 Å². The quantitative estimate of drug-likeness (QED) is 0.762. The van der Waals surface area contributed by atoms with Crippen molar-refractivity contribution in [2.24, 2.45) is 0 Å². The Morgan fingerprint density at radius 2 is 1.44 bits per heavy atom. The number of likely N-dealkylation sites (N-methyl/N-ethyl adjacent to an activating group) is 1. The third-order valence-corrected chi connectivity index (χ3v) is 3.18. The first-order valence-corrected chi connectivity index (χ1v) is 6.07. The number of carbonyl (C=O) groups is 1. The molecule has 0 saturated carbocycles. The Morgan fingerprint density at radius 1 is 0.944 bits per heavy atom. The Hall–Kier alpha value is -2.09. The van der Waals surface area contributed by atoms with Gasteiger partial charge in [0.15, 0.2) is 5.78 Å². The molecule has 0 spiro atoms. The van der Waals surface area contributed by atoms with Crippen LogP contribution >= 0.6 is 0 Å². The van der Waals surface area contributed by atoms with Gasteiger partial charge in [-0.2, -0.15) is 0 Å². The third-order valence-electron chi connectivity index (χ3n) is 3.18. The van der Waals surface area contributed by atoms with Crippen molar-refractivity contribution in [1.82, 2.24) is 0 Å². The number of benzene rings is 2. The van der Waals surface area contributed by atoms with Gasteiger partial charge in [-0.05, 0) is 19.1 Å². The lowest BCUT2D eigenvalue weighted by Crippen LogP contribution is -2.36. The monoisotopic (exact) mass is 239 g/mol. The summed E-state index contributed by atoms with van der Waals surface area (Å²) in [5.74, 6) is 0.141. The van der Waals surface area contributed by atoms with Crippen LogP contribution in [0.4, 0.5) is 5.69 Å². The number of Topliss-reactive ketones (excluding diaryl/α,β-unsaturated/α-hetero) is 1. The maximum absolute atomic E-state index is 12.3. The van der Waals surface area contributed by atoms with Crippen LogP contribution in [0.5, 0.6) is 0 Å². The lowest BCUT2D eigenvalue weighted by Gasteiger charge is -2.25. The fraction of sp³-hybridized carbons (Fsp3) is 0.188. The van der Waals surface area contributed by atoms with Crippen molar-refractivity contribution >= 4 is 11.5 Å². The fourth-order valence-electron chi connectivity index (χ4n) is 1.91. The van der Waals surface area contributed by atoms with E-state index in [9.17, 15) is 4.79 Å². The van der Waals surface area contributed by atoms with E-state index in [2.05, 4.69) is 0 Å². The molecule has 0 radical (unpaired) electrons. The summed E-state index contributed by atoms with van der Waals surface area (Å²) < 4.78 is 0. The normalized spacial score (nSPS) is 11.9. The molecule has 0 saturated heterocycles. The molecule has 0 amide bonds. The minimum Gasteiger partial charge on any atom is -0.364 e. The number of rotatable bonds is 4. The van der Waals surface area contributed by atoms with E-state index in [1.54, 1.807) is 0 Å². The van der Waals surface area contributed by atoms with Gasteiger partial charge in [0.05, 0.1) is 6.04 Å². The number of hydrogen-bond donors (Lipinski definition) is 0. The molecule has 2 aromatic rings. The van der Waals surface area contributed by atoms with Crippen molar-refractivity contribution in [3.63, 3.8) is 0 Å². The van der Waals surface area contributed by atoms with Gasteiger partial charge in [-0.25, -0.2) is 0 Å². The minimum atomic E-state index is -0.171. The molecule has 2 aromatic carbocycles. The van der Waals surface area contributed by atoms with Crippen molar-refractivity contribution in [2.75, 3.05) is 11.9 Å². The topological polar surface area (TPSA) is 20.3 Å². The maximum Gasteiger partial charge on any atom is 0.184 e. The standard InChI is InChI=1S/C16H17NO/c1-13(16(18)14-9-5-3-6-10-14)17(2)15-11-7-4-8-12-15/h3-13H,1-2H3. The van der Waals surface area contributed by atoms with Crippen LogP contribution in [-0.2, 0) is 0 Å². The van der Waals surface area contributed by atoms with Gasteiger partial charge in [0, 0.05) is 18.3 Å². The zero-order chi connectivity index (χ0) is 13.0. The zero-order valence-corrected chi connectivity index (χ0v) is 10.7. The van der Waals surface area contributed by atoms with E-state index in [4.69, 9.17) is 0 Å². The van der Waals surface area contributed by atoms with Crippen molar-refractivity contribution in [2.45, 2.75) is 13.0 Å². The maximum atomic E-state index is 12.3. The first kappa shape index (κ1) is 12.4.